The van der Waals surface area contributed by atoms with Crippen molar-refractivity contribution in [2.45, 2.75) is 57.9 Å². The molecule has 21 heavy (non-hydrogen) atoms. The highest BCUT2D eigenvalue weighted by Gasteiger charge is 2.26. The van der Waals surface area contributed by atoms with Gasteiger partial charge < -0.3 is 14.4 Å². The van der Waals surface area contributed by atoms with Crippen molar-refractivity contribution in [3.8, 4) is 0 Å². The van der Waals surface area contributed by atoms with E-state index < -0.39 is 5.97 Å². The third kappa shape index (κ3) is 3.46. The Morgan fingerprint density at radius 1 is 1.29 bits per heavy atom. The molecular weight excluding hydrogens is 270 g/mol. The topological polar surface area (TPSA) is 70.8 Å². The summed E-state index contributed by atoms with van der Waals surface area (Å²) in [6.45, 7) is 1.81. The predicted octanol–water partition coefficient (Wildman–Crippen LogP) is 3.34. The summed E-state index contributed by atoms with van der Waals surface area (Å²) in [7, 11) is 1.78. The number of aromatic carboxylic acids is 1. The second kappa shape index (κ2) is 6.78. The number of aryl methyl sites for hydroxylation is 1. The van der Waals surface area contributed by atoms with Gasteiger partial charge in [0.1, 0.15) is 11.3 Å². The van der Waals surface area contributed by atoms with Crippen LogP contribution in [0.25, 0.3) is 0 Å². The summed E-state index contributed by atoms with van der Waals surface area (Å²) in [4.78, 5) is 25.4. The van der Waals surface area contributed by atoms with Crippen LogP contribution in [0.15, 0.2) is 10.5 Å². The van der Waals surface area contributed by atoms with E-state index >= 15 is 0 Å². The first-order valence-electron chi connectivity index (χ1n) is 7.67. The van der Waals surface area contributed by atoms with E-state index in [0.717, 1.165) is 25.7 Å². The molecule has 5 nitrogen and oxygen atoms in total. The fraction of sp³-hybridized carbons (Fsp3) is 0.625. The quantitative estimate of drug-likeness (QED) is 0.864. The molecule has 1 heterocycles. The van der Waals surface area contributed by atoms with E-state index in [-0.39, 0.29) is 23.3 Å². The zero-order chi connectivity index (χ0) is 15.4. The largest absolute Gasteiger partial charge is 0.478 e. The highest BCUT2D eigenvalue weighted by molar-refractivity contribution is 5.96. The monoisotopic (exact) mass is 293 g/mol. The SMILES string of the molecule is CCc1oc(C(=O)N(C)C2CCCCCC2)cc1C(=O)O. The maximum atomic E-state index is 12.5. The first kappa shape index (κ1) is 15.6. The van der Waals surface area contributed by atoms with Crippen molar-refractivity contribution in [1.29, 1.82) is 0 Å². The standard InChI is InChI=1S/C16H23NO4/c1-3-13-12(16(19)20)10-14(21-13)15(18)17(2)11-8-6-4-5-7-9-11/h10-11H,3-9H2,1-2H3,(H,19,20). The third-order valence-electron chi connectivity index (χ3n) is 4.26. The Morgan fingerprint density at radius 2 is 1.90 bits per heavy atom. The lowest BCUT2D eigenvalue weighted by atomic mass is 10.1. The summed E-state index contributed by atoms with van der Waals surface area (Å²) in [5.41, 5.74) is 0.0927. The zero-order valence-electron chi connectivity index (χ0n) is 12.7. The maximum Gasteiger partial charge on any atom is 0.339 e. The van der Waals surface area contributed by atoms with E-state index in [1.54, 1.807) is 11.9 Å². The lowest BCUT2D eigenvalue weighted by Crippen LogP contribution is -2.36. The Kier molecular flexibility index (Phi) is 5.04. The Hall–Kier alpha value is -1.78. The summed E-state index contributed by atoms with van der Waals surface area (Å²) in [5.74, 6) is -0.771. The summed E-state index contributed by atoms with van der Waals surface area (Å²) in [5, 5.41) is 9.13. The van der Waals surface area contributed by atoms with Crippen molar-refractivity contribution in [3.05, 3.63) is 23.2 Å². The van der Waals surface area contributed by atoms with E-state index in [0.29, 0.717) is 12.2 Å². The van der Waals surface area contributed by atoms with Crippen LogP contribution in [0.5, 0.6) is 0 Å². The highest BCUT2D eigenvalue weighted by Crippen LogP contribution is 2.24. The first-order valence-corrected chi connectivity index (χ1v) is 7.67. The van der Waals surface area contributed by atoms with Gasteiger partial charge in [-0.3, -0.25) is 4.79 Å². The Morgan fingerprint density at radius 3 is 2.38 bits per heavy atom. The molecule has 116 valence electrons. The molecule has 0 radical (unpaired) electrons. The molecule has 1 aromatic heterocycles. The number of carbonyl (C=O) groups excluding carboxylic acids is 1. The number of carboxylic acid groups (broad SMARTS) is 1. The molecule has 0 aliphatic heterocycles. The van der Waals surface area contributed by atoms with Gasteiger partial charge in [-0.05, 0) is 12.8 Å². The Bertz CT molecular complexity index is 512. The van der Waals surface area contributed by atoms with Crippen molar-refractivity contribution in [3.63, 3.8) is 0 Å². The predicted molar refractivity (Wildman–Crippen MR) is 78.6 cm³/mol. The first-order chi connectivity index (χ1) is 10.0. The second-order valence-corrected chi connectivity index (χ2v) is 5.67. The summed E-state index contributed by atoms with van der Waals surface area (Å²) in [6.07, 6.45) is 7.21. The molecule has 1 amide bonds. The minimum atomic E-state index is -1.05. The average Bonchev–Trinajstić information content (AvgIpc) is 2.73. The number of hydrogen-bond acceptors (Lipinski definition) is 3. The van der Waals surface area contributed by atoms with Gasteiger partial charge >= 0.3 is 5.97 Å². The molecular formula is C16H23NO4. The molecule has 1 aliphatic carbocycles. The van der Waals surface area contributed by atoms with Crippen LogP contribution < -0.4 is 0 Å². The van der Waals surface area contributed by atoms with E-state index in [1.807, 2.05) is 6.92 Å². The number of amides is 1. The van der Waals surface area contributed by atoms with E-state index in [1.165, 1.54) is 18.9 Å². The lowest BCUT2D eigenvalue weighted by molar-refractivity contribution is 0.0677. The normalized spacial score (nSPS) is 16.5. The van der Waals surface area contributed by atoms with Crippen LogP contribution in [0.1, 0.15) is 72.1 Å². The molecule has 2 rings (SSSR count). The molecule has 5 heteroatoms. The molecule has 1 saturated carbocycles. The van der Waals surface area contributed by atoms with Crippen molar-refractivity contribution in [2.24, 2.45) is 0 Å². The number of hydrogen-bond donors (Lipinski definition) is 1. The zero-order valence-corrected chi connectivity index (χ0v) is 12.7. The van der Waals surface area contributed by atoms with Gasteiger partial charge in [0.15, 0.2) is 5.76 Å². The summed E-state index contributed by atoms with van der Waals surface area (Å²) in [6, 6.07) is 1.58. The van der Waals surface area contributed by atoms with Crippen LogP contribution in [0.2, 0.25) is 0 Å². The molecule has 0 unspecified atom stereocenters. The van der Waals surface area contributed by atoms with Crippen molar-refractivity contribution in [1.82, 2.24) is 4.90 Å². The van der Waals surface area contributed by atoms with Crippen LogP contribution in [0.3, 0.4) is 0 Å². The van der Waals surface area contributed by atoms with Crippen molar-refractivity contribution < 1.29 is 19.1 Å². The van der Waals surface area contributed by atoms with E-state index in [9.17, 15) is 9.59 Å². The van der Waals surface area contributed by atoms with Crippen molar-refractivity contribution in [2.75, 3.05) is 7.05 Å². The van der Waals surface area contributed by atoms with Gasteiger partial charge in [-0.2, -0.15) is 0 Å². The molecule has 0 spiro atoms. The summed E-state index contributed by atoms with van der Waals surface area (Å²) >= 11 is 0. The molecule has 1 aromatic rings. The number of nitrogens with zero attached hydrogens (tertiary/aromatic N) is 1. The van der Waals surface area contributed by atoms with Gasteiger partial charge in [-0.15, -0.1) is 0 Å². The number of carbonyl (C=O) groups is 2. The molecule has 0 bridgehead atoms. The fourth-order valence-corrected chi connectivity index (χ4v) is 2.96. The Labute approximate surface area is 124 Å². The molecule has 0 aromatic carbocycles. The van der Waals surface area contributed by atoms with Crippen LogP contribution in [-0.4, -0.2) is 35.0 Å². The smallest absolute Gasteiger partial charge is 0.339 e. The number of carboxylic acids is 1. The van der Waals surface area contributed by atoms with Gasteiger partial charge in [-0.25, -0.2) is 4.79 Å². The molecule has 0 atom stereocenters. The minimum Gasteiger partial charge on any atom is -0.478 e. The molecule has 0 saturated heterocycles. The number of rotatable bonds is 4. The highest BCUT2D eigenvalue weighted by atomic mass is 16.4. The molecule has 1 aliphatic rings. The lowest BCUT2D eigenvalue weighted by Gasteiger charge is -2.26. The van der Waals surface area contributed by atoms with Crippen LogP contribution >= 0.6 is 0 Å². The minimum absolute atomic E-state index is 0.0927. The number of furan rings is 1. The molecule has 1 N–H and O–H groups in total. The van der Waals surface area contributed by atoms with Crippen molar-refractivity contribution >= 4 is 11.9 Å². The van der Waals surface area contributed by atoms with Crippen LogP contribution in [0, 0.1) is 0 Å². The van der Waals surface area contributed by atoms with E-state index in [2.05, 4.69) is 0 Å². The van der Waals surface area contributed by atoms with Gasteiger partial charge in [0.05, 0.1) is 0 Å². The molecule has 1 fully saturated rings. The van der Waals surface area contributed by atoms with Gasteiger partial charge in [0, 0.05) is 25.6 Å². The van der Waals surface area contributed by atoms with Crippen LogP contribution in [0.4, 0.5) is 0 Å². The summed E-state index contributed by atoms with van der Waals surface area (Å²) < 4.78 is 5.46. The van der Waals surface area contributed by atoms with Gasteiger partial charge in [0.25, 0.3) is 5.91 Å². The third-order valence-corrected chi connectivity index (χ3v) is 4.26. The maximum absolute atomic E-state index is 12.5. The van der Waals surface area contributed by atoms with Crippen LogP contribution in [-0.2, 0) is 6.42 Å². The average molecular weight is 293 g/mol. The Balaban J connectivity index is 2.16. The van der Waals surface area contributed by atoms with E-state index in [4.69, 9.17) is 9.52 Å². The van der Waals surface area contributed by atoms with Gasteiger partial charge in [0.2, 0.25) is 0 Å². The second-order valence-electron chi connectivity index (χ2n) is 5.67. The van der Waals surface area contributed by atoms with Gasteiger partial charge in [-0.1, -0.05) is 32.6 Å². The fourth-order valence-electron chi connectivity index (χ4n) is 2.96.